The molecule has 1 amide bonds. The minimum absolute atomic E-state index is 0.102. The molecule has 2 N–H and O–H groups in total. The summed E-state index contributed by atoms with van der Waals surface area (Å²) in [6, 6.07) is 8.73. The fourth-order valence-corrected chi connectivity index (χ4v) is 3.15. The molecule has 0 unspecified atom stereocenters. The smallest absolute Gasteiger partial charge is 0.220 e. The van der Waals surface area contributed by atoms with Gasteiger partial charge in [0, 0.05) is 25.0 Å². The fourth-order valence-electron chi connectivity index (χ4n) is 3.15. The van der Waals surface area contributed by atoms with Crippen molar-refractivity contribution in [3.8, 4) is 0 Å². The van der Waals surface area contributed by atoms with Gasteiger partial charge >= 0.3 is 0 Å². The Balaban J connectivity index is 1.81. The number of aliphatic hydroxyl groups is 1. The van der Waals surface area contributed by atoms with Crippen LogP contribution in [-0.4, -0.2) is 23.7 Å². The molecular weight excluding hydrogens is 274 g/mol. The van der Waals surface area contributed by atoms with E-state index in [4.69, 9.17) is 0 Å². The van der Waals surface area contributed by atoms with E-state index in [1.807, 2.05) is 0 Å². The molecule has 3 nitrogen and oxygen atoms in total. The normalized spacial score (nSPS) is 21.8. The van der Waals surface area contributed by atoms with E-state index in [0.717, 1.165) is 25.7 Å². The number of benzene rings is 1. The number of carbonyl (C=O) groups is 1. The van der Waals surface area contributed by atoms with Crippen molar-refractivity contribution in [2.45, 2.75) is 64.3 Å². The fraction of sp³-hybridized carbons (Fsp3) is 0.632. The second-order valence-electron chi connectivity index (χ2n) is 7.49. The topological polar surface area (TPSA) is 49.3 Å². The molecule has 0 spiro atoms. The van der Waals surface area contributed by atoms with Gasteiger partial charge in [-0.1, -0.05) is 51.5 Å². The van der Waals surface area contributed by atoms with E-state index in [-0.39, 0.29) is 29.9 Å². The monoisotopic (exact) mass is 303 g/mol. The van der Waals surface area contributed by atoms with Gasteiger partial charge in [-0.05, 0) is 35.8 Å². The van der Waals surface area contributed by atoms with Gasteiger partial charge < -0.3 is 10.4 Å². The summed E-state index contributed by atoms with van der Waals surface area (Å²) in [6.07, 6.45) is 4.41. The minimum Gasteiger partial charge on any atom is -0.396 e. The Kier molecular flexibility index (Phi) is 5.63. The molecule has 1 aliphatic rings. The predicted molar refractivity (Wildman–Crippen MR) is 89.8 cm³/mol. The van der Waals surface area contributed by atoms with E-state index in [1.54, 1.807) is 0 Å². The first-order valence-corrected chi connectivity index (χ1v) is 8.40. The lowest BCUT2D eigenvalue weighted by atomic mass is 9.86. The first kappa shape index (κ1) is 17.0. The molecule has 2 rings (SSSR count). The molecule has 0 aromatic heterocycles. The van der Waals surface area contributed by atoms with Crippen LogP contribution < -0.4 is 5.32 Å². The van der Waals surface area contributed by atoms with Gasteiger partial charge in [0.25, 0.3) is 0 Å². The number of aliphatic hydroxyl groups excluding tert-OH is 1. The molecule has 1 fully saturated rings. The maximum absolute atomic E-state index is 12.1. The van der Waals surface area contributed by atoms with Crippen LogP contribution in [0.5, 0.6) is 0 Å². The lowest BCUT2D eigenvalue weighted by molar-refractivity contribution is -0.122. The molecule has 0 heterocycles. The molecule has 1 saturated carbocycles. The summed E-state index contributed by atoms with van der Waals surface area (Å²) in [5.74, 6) is 0.347. The number of carbonyl (C=O) groups excluding carboxylic acids is 1. The standard InChI is InChI=1S/C19H29NO2/c1-19(2,3)16-10-7-14(8-11-16)9-12-18(22)20-17-6-4-5-15(17)13-21/h7-8,10-11,15,17,21H,4-6,9,12-13H2,1-3H3,(H,20,22)/t15-,17-/m1/s1. The van der Waals surface area contributed by atoms with Crippen LogP contribution in [0, 0.1) is 5.92 Å². The van der Waals surface area contributed by atoms with Crippen LogP contribution >= 0.6 is 0 Å². The van der Waals surface area contributed by atoms with Crippen LogP contribution in [0.15, 0.2) is 24.3 Å². The van der Waals surface area contributed by atoms with Gasteiger partial charge in [0.05, 0.1) is 0 Å². The first-order chi connectivity index (χ1) is 10.4. The number of nitrogens with one attached hydrogen (secondary N) is 1. The summed E-state index contributed by atoms with van der Waals surface area (Å²) in [4.78, 5) is 12.1. The number of aryl methyl sites for hydroxylation is 1. The van der Waals surface area contributed by atoms with Crippen LogP contribution in [0.4, 0.5) is 0 Å². The minimum atomic E-state index is 0.102. The van der Waals surface area contributed by atoms with Crippen molar-refractivity contribution in [2.75, 3.05) is 6.61 Å². The number of amides is 1. The summed E-state index contributed by atoms with van der Waals surface area (Å²) >= 11 is 0. The predicted octanol–water partition coefficient (Wildman–Crippen LogP) is 3.19. The highest BCUT2D eigenvalue weighted by molar-refractivity contribution is 5.76. The van der Waals surface area contributed by atoms with Crippen LogP contribution in [0.25, 0.3) is 0 Å². The molecule has 3 heteroatoms. The number of hydrogen-bond donors (Lipinski definition) is 2. The van der Waals surface area contributed by atoms with Crippen molar-refractivity contribution >= 4 is 5.91 Å². The van der Waals surface area contributed by atoms with Crippen molar-refractivity contribution in [2.24, 2.45) is 5.92 Å². The van der Waals surface area contributed by atoms with Gasteiger partial charge in [-0.15, -0.1) is 0 Å². The summed E-state index contributed by atoms with van der Waals surface area (Å²) < 4.78 is 0. The van der Waals surface area contributed by atoms with Crippen molar-refractivity contribution in [1.82, 2.24) is 5.32 Å². The average Bonchev–Trinajstić information content (AvgIpc) is 2.92. The van der Waals surface area contributed by atoms with Crippen LogP contribution in [0.3, 0.4) is 0 Å². The third-order valence-electron chi connectivity index (χ3n) is 4.70. The van der Waals surface area contributed by atoms with E-state index in [1.165, 1.54) is 11.1 Å². The third kappa shape index (κ3) is 4.57. The van der Waals surface area contributed by atoms with Crippen molar-refractivity contribution in [3.63, 3.8) is 0 Å². The Morgan fingerprint density at radius 1 is 1.23 bits per heavy atom. The van der Waals surface area contributed by atoms with Gasteiger partial charge in [-0.2, -0.15) is 0 Å². The van der Waals surface area contributed by atoms with Gasteiger partial charge in [-0.25, -0.2) is 0 Å². The summed E-state index contributed by atoms with van der Waals surface area (Å²) in [7, 11) is 0. The molecule has 0 aliphatic heterocycles. The maximum atomic E-state index is 12.1. The summed E-state index contributed by atoms with van der Waals surface area (Å²) in [6.45, 7) is 6.79. The summed E-state index contributed by atoms with van der Waals surface area (Å²) in [5.41, 5.74) is 2.68. The molecule has 0 radical (unpaired) electrons. The van der Waals surface area contributed by atoms with E-state index < -0.39 is 0 Å². The zero-order valence-electron chi connectivity index (χ0n) is 14.1. The van der Waals surface area contributed by atoms with E-state index >= 15 is 0 Å². The van der Waals surface area contributed by atoms with Gasteiger partial charge in [-0.3, -0.25) is 4.79 Å². The van der Waals surface area contributed by atoms with Crippen molar-refractivity contribution < 1.29 is 9.90 Å². The molecule has 1 aliphatic carbocycles. The Bertz CT molecular complexity index is 487. The Morgan fingerprint density at radius 2 is 1.91 bits per heavy atom. The molecule has 122 valence electrons. The van der Waals surface area contributed by atoms with Crippen LogP contribution in [0.1, 0.15) is 57.6 Å². The molecule has 22 heavy (non-hydrogen) atoms. The largest absolute Gasteiger partial charge is 0.396 e. The lowest BCUT2D eigenvalue weighted by Gasteiger charge is -2.20. The second kappa shape index (κ2) is 7.28. The van der Waals surface area contributed by atoms with Gasteiger partial charge in [0.15, 0.2) is 0 Å². The third-order valence-corrected chi connectivity index (χ3v) is 4.70. The number of hydrogen-bond acceptors (Lipinski definition) is 2. The SMILES string of the molecule is CC(C)(C)c1ccc(CCC(=O)N[C@@H]2CCC[C@@H]2CO)cc1. The molecule has 1 aromatic carbocycles. The van der Waals surface area contributed by atoms with Crippen molar-refractivity contribution in [3.05, 3.63) is 35.4 Å². The zero-order valence-corrected chi connectivity index (χ0v) is 14.1. The summed E-state index contributed by atoms with van der Waals surface area (Å²) in [5, 5.41) is 12.4. The van der Waals surface area contributed by atoms with E-state index in [9.17, 15) is 9.90 Å². The lowest BCUT2D eigenvalue weighted by Crippen LogP contribution is -2.38. The first-order valence-electron chi connectivity index (χ1n) is 8.40. The maximum Gasteiger partial charge on any atom is 0.220 e. The zero-order chi connectivity index (χ0) is 16.2. The Hall–Kier alpha value is -1.35. The molecule has 2 atom stereocenters. The van der Waals surface area contributed by atoms with Crippen molar-refractivity contribution in [1.29, 1.82) is 0 Å². The highest BCUT2D eigenvalue weighted by Gasteiger charge is 2.27. The average molecular weight is 303 g/mol. The highest BCUT2D eigenvalue weighted by Crippen LogP contribution is 2.25. The van der Waals surface area contributed by atoms with E-state index in [0.29, 0.717) is 6.42 Å². The molecule has 1 aromatic rings. The van der Waals surface area contributed by atoms with Crippen LogP contribution in [0.2, 0.25) is 0 Å². The molecular formula is C19H29NO2. The van der Waals surface area contributed by atoms with E-state index in [2.05, 4.69) is 50.4 Å². The van der Waals surface area contributed by atoms with Gasteiger partial charge in [0.1, 0.15) is 0 Å². The Labute approximate surface area is 134 Å². The molecule has 0 bridgehead atoms. The highest BCUT2D eigenvalue weighted by atomic mass is 16.3. The molecule has 0 saturated heterocycles. The second-order valence-corrected chi connectivity index (χ2v) is 7.49. The van der Waals surface area contributed by atoms with Crippen LogP contribution in [-0.2, 0) is 16.6 Å². The van der Waals surface area contributed by atoms with Gasteiger partial charge in [0.2, 0.25) is 5.91 Å². The Morgan fingerprint density at radius 3 is 2.50 bits per heavy atom. The quantitative estimate of drug-likeness (QED) is 0.877. The number of rotatable bonds is 5.